The molecule has 196 valence electrons. The summed E-state index contributed by atoms with van der Waals surface area (Å²) in [6, 6.07) is 8.04. The van der Waals surface area contributed by atoms with Gasteiger partial charge in [-0.15, -0.1) is 0 Å². The lowest BCUT2D eigenvalue weighted by molar-refractivity contribution is -0.137. The van der Waals surface area contributed by atoms with Gasteiger partial charge in [-0.05, 0) is 38.1 Å². The molecule has 0 spiro atoms. The SMILES string of the molecule is COc1cc(Cl)c(C(F)(F)F)cc1NC(=O)Nc1ccc(Oc2ccnc(C(=O)NC(C)C)c2)cc1Cl. The van der Waals surface area contributed by atoms with E-state index in [1.165, 1.54) is 37.6 Å². The minimum atomic E-state index is -4.73. The number of methoxy groups -OCH3 is 1. The van der Waals surface area contributed by atoms with Crippen LogP contribution >= 0.6 is 23.2 Å². The van der Waals surface area contributed by atoms with Crippen LogP contribution in [0.3, 0.4) is 0 Å². The Morgan fingerprint density at radius 1 is 0.946 bits per heavy atom. The van der Waals surface area contributed by atoms with E-state index in [1.807, 2.05) is 13.8 Å². The molecular formula is C24H21Cl2F3N4O4. The lowest BCUT2D eigenvalue weighted by Crippen LogP contribution is -2.30. The normalized spacial score (nSPS) is 11.2. The number of pyridine rings is 1. The number of benzene rings is 2. The number of aromatic nitrogens is 1. The Kier molecular flexibility index (Phi) is 8.72. The number of nitrogens with one attached hydrogen (secondary N) is 3. The maximum atomic E-state index is 13.2. The van der Waals surface area contributed by atoms with E-state index in [2.05, 4.69) is 20.9 Å². The Morgan fingerprint density at radius 2 is 1.62 bits per heavy atom. The molecule has 13 heteroatoms. The largest absolute Gasteiger partial charge is 0.495 e. The Morgan fingerprint density at radius 3 is 2.24 bits per heavy atom. The maximum absolute atomic E-state index is 13.2. The van der Waals surface area contributed by atoms with Crippen molar-refractivity contribution in [2.45, 2.75) is 26.1 Å². The summed E-state index contributed by atoms with van der Waals surface area (Å²) in [7, 11) is 1.22. The highest BCUT2D eigenvalue weighted by molar-refractivity contribution is 6.34. The number of urea groups is 1. The summed E-state index contributed by atoms with van der Waals surface area (Å²) in [4.78, 5) is 28.6. The fourth-order valence-corrected chi connectivity index (χ4v) is 3.52. The van der Waals surface area contributed by atoms with Gasteiger partial charge >= 0.3 is 12.2 Å². The van der Waals surface area contributed by atoms with Gasteiger partial charge in [-0.1, -0.05) is 23.2 Å². The van der Waals surface area contributed by atoms with Crippen LogP contribution in [0.25, 0.3) is 0 Å². The molecular weight excluding hydrogens is 536 g/mol. The Bertz CT molecular complexity index is 1320. The number of hydrogen-bond donors (Lipinski definition) is 3. The molecule has 1 heterocycles. The molecule has 0 radical (unpaired) electrons. The first-order chi connectivity index (χ1) is 17.4. The van der Waals surface area contributed by atoms with Gasteiger partial charge in [0.15, 0.2) is 0 Å². The quantitative estimate of drug-likeness (QED) is 0.291. The van der Waals surface area contributed by atoms with Gasteiger partial charge in [0.2, 0.25) is 0 Å². The second-order valence-electron chi connectivity index (χ2n) is 7.86. The predicted octanol–water partition coefficient (Wildman–Crippen LogP) is 6.99. The smallest absolute Gasteiger partial charge is 0.417 e. The Labute approximate surface area is 220 Å². The van der Waals surface area contributed by atoms with Crippen molar-refractivity contribution in [3.05, 3.63) is 70.0 Å². The van der Waals surface area contributed by atoms with Crippen LogP contribution in [0.2, 0.25) is 10.0 Å². The number of hydrogen-bond acceptors (Lipinski definition) is 5. The van der Waals surface area contributed by atoms with Gasteiger partial charge in [-0.3, -0.25) is 9.78 Å². The summed E-state index contributed by atoms with van der Waals surface area (Å²) in [5, 5.41) is 6.98. The summed E-state index contributed by atoms with van der Waals surface area (Å²) in [5.74, 6) is 0.200. The zero-order chi connectivity index (χ0) is 27.3. The van der Waals surface area contributed by atoms with E-state index in [0.717, 1.165) is 6.07 Å². The molecule has 3 aromatic rings. The lowest BCUT2D eigenvalue weighted by atomic mass is 10.1. The highest BCUT2D eigenvalue weighted by Crippen LogP contribution is 2.40. The standard InChI is InChI=1S/C24H21Cl2F3N4O4/c1-12(2)31-22(34)20-9-14(6-7-30-20)37-13-4-5-18(17(26)8-13)32-23(35)33-19-10-15(24(27,28)29)16(25)11-21(19)36-3/h4-12H,1-3H3,(H,31,34)(H2,32,33,35). The molecule has 3 amide bonds. The average molecular weight is 557 g/mol. The number of alkyl halides is 3. The number of ether oxygens (including phenoxy) is 2. The zero-order valence-corrected chi connectivity index (χ0v) is 21.2. The summed E-state index contributed by atoms with van der Waals surface area (Å²) >= 11 is 11.9. The van der Waals surface area contributed by atoms with Gasteiger partial charge in [0.25, 0.3) is 5.91 Å². The van der Waals surface area contributed by atoms with Crippen LogP contribution in [0.5, 0.6) is 17.2 Å². The van der Waals surface area contributed by atoms with Gasteiger partial charge in [-0.25, -0.2) is 4.79 Å². The fourth-order valence-electron chi connectivity index (χ4n) is 3.05. The van der Waals surface area contributed by atoms with E-state index in [-0.39, 0.29) is 39.8 Å². The fraction of sp³-hybridized carbons (Fsp3) is 0.208. The third-order valence-electron chi connectivity index (χ3n) is 4.65. The van der Waals surface area contributed by atoms with Crippen LogP contribution in [-0.2, 0) is 6.18 Å². The third-order valence-corrected chi connectivity index (χ3v) is 5.28. The minimum absolute atomic E-state index is 0.0672. The first-order valence-corrected chi connectivity index (χ1v) is 11.4. The molecule has 0 aliphatic heterocycles. The summed E-state index contributed by atoms with van der Waals surface area (Å²) < 4.78 is 50.3. The monoisotopic (exact) mass is 556 g/mol. The molecule has 0 aliphatic carbocycles. The van der Waals surface area contributed by atoms with Crippen LogP contribution in [0.15, 0.2) is 48.7 Å². The number of anilines is 2. The minimum Gasteiger partial charge on any atom is -0.495 e. The van der Waals surface area contributed by atoms with E-state index in [0.29, 0.717) is 17.6 Å². The molecule has 3 rings (SSSR count). The van der Waals surface area contributed by atoms with Gasteiger partial charge < -0.3 is 25.4 Å². The molecule has 2 aromatic carbocycles. The Hall–Kier alpha value is -3.70. The number of rotatable bonds is 7. The molecule has 0 fully saturated rings. The lowest BCUT2D eigenvalue weighted by Gasteiger charge is -2.16. The summed E-state index contributed by atoms with van der Waals surface area (Å²) in [6.45, 7) is 3.64. The second kappa shape index (κ2) is 11.6. The molecule has 0 atom stereocenters. The van der Waals surface area contributed by atoms with Crippen LogP contribution < -0.4 is 25.4 Å². The van der Waals surface area contributed by atoms with Gasteiger partial charge in [-0.2, -0.15) is 13.2 Å². The van der Waals surface area contributed by atoms with Crippen molar-refractivity contribution in [2.24, 2.45) is 0 Å². The van der Waals surface area contributed by atoms with Crippen molar-refractivity contribution in [2.75, 3.05) is 17.7 Å². The average Bonchev–Trinajstić information content (AvgIpc) is 2.80. The molecule has 1 aromatic heterocycles. The molecule has 0 unspecified atom stereocenters. The van der Waals surface area contributed by atoms with Crippen LogP contribution in [-0.4, -0.2) is 30.1 Å². The van der Waals surface area contributed by atoms with Gasteiger partial charge in [0, 0.05) is 30.4 Å². The van der Waals surface area contributed by atoms with Crippen molar-refractivity contribution >= 4 is 46.5 Å². The number of halogens is 5. The van der Waals surface area contributed by atoms with Crippen molar-refractivity contribution in [3.8, 4) is 17.2 Å². The molecule has 0 aliphatic rings. The summed E-state index contributed by atoms with van der Waals surface area (Å²) in [5.41, 5.74) is -1.06. The first kappa shape index (κ1) is 27.9. The van der Waals surface area contributed by atoms with E-state index in [1.54, 1.807) is 6.07 Å². The summed E-state index contributed by atoms with van der Waals surface area (Å²) in [6.07, 6.45) is -3.31. The second-order valence-corrected chi connectivity index (χ2v) is 8.67. The maximum Gasteiger partial charge on any atom is 0.417 e. The van der Waals surface area contributed by atoms with Gasteiger partial charge in [0.1, 0.15) is 22.9 Å². The van der Waals surface area contributed by atoms with Crippen molar-refractivity contribution in [3.63, 3.8) is 0 Å². The first-order valence-electron chi connectivity index (χ1n) is 10.6. The van der Waals surface area contributed by atoms with Crippen molar-refractivity contribution < 1.29 is 32.2 Å². The van der Waals surface area contributed by atoms with E-state index >= 15 is 0 Å². The van der Waals surface area contributed by atoms with Crippen LogP contribution in [0, 0.1) is 0 Å². The van der Waals surface area contributed by atoms with E-state index < -0.39 is 22.8 Å². The van der Waals surface area contributed by atoms with Gasteiger partial charge in [0.05, 0.1) is 34.1 Å². The van der Waals surface area contributed by atoms with Crippen molar-refractivity contribution in [1.82, 2.24) is 10.3 Å². The third kappa shape index (κ3) is 7.40. The van der Waals surface area contributed by atoms with Crippen molar-refractivity contribution in [1.29, 1.82) is 0 Å². The number of nitrogens with zero attached hydrogens (tertiary/aromatic N) is 1. The Balaban J connectivity index is 1.72. The molecule has 0 saturated heterocycles. The number of amides is 3. The molecule has 3 N–H and O–H groups in total. The molecule has 8 nitrogen and oxygen atoms in total. The molecule has 0 saturated carbocycles. The zero-order valence-electron chi connectivity index (χ0n) is 19.7. The molecule has 37 heavy (non-hydrogen) atoms. The highest BCUT2D eigenvalue weighted by atomic mass is 35.5. The van der Waals surface area contributed by atoms with Crippen LogP contribution in [0.4, 0.5) is 29.3 Å². The van der Waals surface area contributed by atoms with E-state index in [4.69, 9.17) is 32.7 Å². The van der Waals surface area contributed by atoms with Crippen LogP contribution in [0.1, 0.15) is 29.9 Å². The number of carbonyl (C=O) groups excluding carboxylic acids is 2. The molecule has 0 bridgehead atoms. The predicted molar refractivity (Wildman–Crippen MR) is 134 cm³/mol. The topological polar surface area (TPSA) is 102 Å². The van der Waals surface area contributed by atoms with E-state index in [9.17, 15) is 22.8 Å². The highest BCUT2D eigenvalue weighted by Gasteiger charge is 2.34. The number of carbonyl (C=O) groups is 2.